The van der Waals surface area contributed by atoms with E-state index in [4.69, 9.17) is 4.74 Å². The molecular weight excluding hydrogens is 246 g/mol. The fourth-order valence-corrected chi connectivity index (χ4v) is 1.72. The van der Waals surface area contributed by atoms with Crippen LogP contribution in [0.25, 0.3) is 0 Å². The highest BCUT2D eigenvalue weighted by Gasteiger charge is 2.23. The van der Waals surface area contributed by atoms with Gasteiger partial charge in [-0.1, -0.05) is 30.3 Å². The molecule has 0 saturated carbocycles. The van der Waals surface area contributed by atoms with Crippen molar-refractivity contribution < 1.29 is 9.53 Å². The molecule has 1 heterocycles. The second-order valence-electron chi connectivity index (χ2n) is 3.89. The fourth-order valence-electron chi connectivity index (χ4n) is 1.72. The van der Waals surface area contributed by atoms with E-state index in [1.807, 2.05) is 30.3 Å². The molecule has 1 amide bonds. The van der Waals surface area contributed by atoms with Gasteiger partial charge in [0.15, 0.2) is 6.04 Å². The van der Waals surface area contributed by atoms with Crippen LogP contribution in [0.5, 0.6) is 0 Å². The summed E-state index contributed by atoms with van der Waals surface area (Å²) in [6.45, 7) is 0.906. The average Bonchev–Trinajstić information content (AvgIpc) is 2.94. The lowest BCUT2D eigenvalue weighted by atomic mass is 10.1. The summed E-state index contributed by atoms with van der Waals surface area (Å²) in [7, 11) is 1.59. The number of nitrogens with zero attached hydrogens (tertiary/aromatic N) is 4. The molecule has 0 saturated heterocycles. The Bertz CT molecular complexity index is 500. The maximum absolute atomic E-state index is 12.2. The van der Waals surface area contributed by atoms with Crippen molar-refractivity contribution in [3.05, 3.63) is 42.2 Å². The number of rotatable bonds is 6. The molecule has 100 valence electrons. The van der Waals surface area contributed by atoms with Crippen LogP contribution in [-0.4, -0.2) is 46.4 Å². The van der Waals surface area contributed by atoms with Crippen LogP contribution in [0.2, 0.25) is 0 Å². The standard InChI is InChI=1S/C12H15N5O2/c1-19-8-7-13-12(18)11(17-9-14-15-16-17)10-5-3-2-4-6-10/h2-6,9,11H,7-8H2,1H3,(H,13,18)/t11-/m1/s1. The maximum atomic E-state index is 12.2. The third-order valence-corrected chi connectivity index (χ3v) is 2.60. The van der Waals surface area contributed by atoms with E-state index in [2.05, 4.69) is 20.8 Å². The van der Waals surface area contributed by atoms with Gasteiger partial charge in [0.1, 0.15) is 6.33 Å². The Morgan fingerprint density at radius 3 is 2.84 bits per heavy atom. The summed E-state index contributed by atoms with van der Waals surface area (Å²) in [5.41, 5.74) is 0.824. The minimum absolute atomic E-state index is 0.171. The van der Waals surface area contributed by atoms with Crippen molar-refractivity contribution in [3.63, 3.8) is 0 Å². The van der Waals surface area contributed by atoms with E-state index in [0.717, 1.165) is 5.56 Å². The van der Waals surface area contributed by atoms with E-state index >= 15 is 0 Å². The van der Waals surface area contributed by atoms with Crippen molar-refractivity contribution in [3.8, 4) is 0 Å². The SMILES string of the molecule is COCCNC(=O)[C@@H](c1ccccc1)n1cnnn1. The molecule has 0 bridgehead atoms. The zero-order valence-corrected chi connectivity index (χ0v) is 10.6. The quantitative estimate of drug-likeness (QED) is 0.742. The molecule has 0 aliphatic heterocycles. The molecule has 7 heteroatoms. The summed E-state index contributed by atoms with van der Waals surface area (Å²) in [4.78, 5) is 12.2. The lowest BCUT2D eigenvalue weighted by Crippen LogP contribution is -2.35. The molecule has 1 aromatic carbocycles. The largest absolute Gasteiger partial charge is 0.383 e. The number of benzene rings is 1. The number of aromatic nitrogens is 4. The Morgan fingerprint density at radius 1 is 1.42 bits per heavy atom. The third-order valence-electron chi connectivity index (χ3n) is 2.60. The first-order chi connectivity index (χ1) is 9.33. The zero-order chi connectivity index (χ0) is 13.5. The van der Waals surface area contributed by atoms with E-state index in [-0.39, 0.29) is 5.91 Å². The Labute approximate surface area is 110 Å². The molecule has 0 aliphatic rings. The highest BCUT2D eigenvalue weighted by atomic mass is 16.5. The predicted molar refractivity (Wildman–Crippen MR) is 67.3 cm³/mol. The van der Waals surface area contributed by atoms with Crippen molar-refractivity contribution in [2.24, 2.45) is 0 Å². The molecule has 0 fully saturated rings. The average molecular weight is 261 g/mol. The number of tetrazole rings is 1. The number of hydrogen-bond acceptors (Lipinski definition) is 5. The van der Waals surface area contributed by atoms with Gasteiger partial charge < -0.3 is 10.1 Å². The zero-order valence-electron chi connectivity index (χ0n) is 10.6. The van der Waals surface area contributed by atoms with Crippen molar-refractivity contribution in [1.82, 2.24) is 25.5 Å². The van der Waals surface area contributed by atoms with Crippen LogP contribution in [0, 0.1) is 0 Å². The molecule has 1 aromatic heterocycles. The first-order valence-electron chi connectivity index (χ1n) is 5.87. The van der Waals surface area contributed by atoms with Crippen LogP contribution in [0.3, 0.4) is 0 Å². The van der Waals surface area contributed by atoms with Gasteiger partial charge in [0.25, 0.3) is 0 Å². The second-order valence-corrected chi connectivity index (χ2v) is 3.89. The van der Waals surface area contributed by atoms with E-state index in [9.17, 15) is 4.79 Å². The monoisotopic (exact) mass is 261 g/mol. The minimum Gasteiger partial charge on any atom is -0.383 e. The van der Waals surface area contributed by atoms with Gasteiger partial charge in [-0.25, -0.2) is 4.68 Å². The summed E-state index contributed by atoms with van der Waals surface area (Å²) in [5, 5.41) is 13.7. The molecule has 0 spiro atoms. The highest BCUT2D eigenvalue weighted by Crippen LogP contribution is 2.16. The molecule has 2 aromatic rings. The summed E-state index contributed by atoms with van der Waals surface area (Å²) < 4.78 is 6.33. The van der Waals surface area contributed by atoms with Crippen molar-refractivity contribution >= 4 is 5.91 Å². The third kappa shape index (κ3) is 3.35. The molecule has 7 nitrogen and oxygen atoms in total. The minimum atomic E-state index is -0.576. The Hall–Kier alpha value is -2.28. The molecule has 19 heavy (non-hydrogen) atoms. The van der Waals surface area contributed by atoms with Gasteiger partial charge in [-0.3, -0.25) is 4.79 Å². The van der Waals surface area contributed by atoms with Crippen LogP contribution in [0.15, 0.2) is 36.7 Å². The number of methoxy groups -OCH3 is 1. The normalized spacial score (nSPS) is 12.1. The van der Waals surface area contributed by atoms with Crippen LogP contribution in [0.4, 0.5) is 0 Å². The smallest absolute Gasteiger partial charge is 0.249 e. The lowest BCUT2D eigenvalue weighted by Gasteiger charge is -2.16. The maximum Gasteiger partial charge on any atom is 0.249 e. The predicted octanol–water partition coefficient (Wildman–Crippen LogP) is 0.0251. The van der Waals surface area contributed by atoms with Crippen molar-refractivity contribution in [2.75, 3.05) is 20.3 Å². The number of hydrogen-bond donors (Lipinski definition) is 1. The number of nitrogens with one attached hydrogen (secondary N) is 1. The van der Waals surface area contributed by atoms with Gasteiger partial charge in [0, 0.05) is 13.7 Å². The first kappa shape index (κ1) is 13.2. The molecule has 2 rings (SSSR count). The molecular formula is C12H15N5O2. The van der Waals surface area contributed by atoms with Crippen molar-refractivity contribution in [2.45, 2.75) is 6.04 Å². The van der Waals surface area contributed by atoms with Crippen LogP contribution in [-0.2, 0) is 9.53 Å². The Morgan fingerprint density at radius 2 is 2.21 bits per heavy atom. The van der Waals surface area contributed by atoms with E-state index in [1.54, 1.807) is 7.11 Å². The highest BCUT2D eigenvalue weighted by molar-refractivity contribution is 5.83. The number of carbonyl (C=O) groups is 1. The molecule has 0 unspecified atom stereocenters. The van der Waals surface area contributed by atoms with Gasteiger partial charge >= 0.3 is 0 Å². The van der Waals surface area contributed by atoms with E-state index < -0.39 is 6.04 Å². The Balaban J connectivity index is 2.18. The molecule has 1 N–H and O–H groups in total. The van der Waals surface area contributed by atoms with Crippen LogP contribution in [0.1, 0.15) is 11.6 Å². The van der Waals surface area contributed by atoms with E-state index in [0.29, 0.717) is 13.2 Å². The van der Waals surface area contributed by atoms with Gasteiger partial charge in [0.2, 0.25) is 5.91 Å². The van der Waals surface area contributed by atoms with Crippen LogP contribution < -0.4 is 5.32 Å². The summed E-state index contributed by atoms with van der Waals surface area (Å²) in [6.07, 6.45) is 1.42. The van der Waals surface area contributed by atoms with Gasteiger partial charge in [-0.15, -0.1) is 5.10 Å². The molecule has 1 atom stereocenters. The summed E-state index contributed by atoms with van der Waals surface area (Å²) in [5.74, 6) is -0.171. The first-order valence-corrected chi connectivity index (χ1v) is 5.87. The van der Waals surface area contributed by atoms with Crippen LogP contribution >= 0.6 is 0 Å². The second kappa shape index (κ2) is 6.60. The summed E-state index contributed by atoms with van der Waals surface area (Å²) >= 11 is 0. The van der Waals surface area contributed by atoms with Gasteiger partial charge in [0.05, 0.1) is 6.61 Å². The topological polar surface area (TPSA) is 81.9 Å². The Kier molecular flexibility index (Phi) is 4.57. The number of amides is 1. The number of carbonyl (C=O) groups excluding carboxylic acids is 1. The molecule has 0 aliphatic carbocycles. The van der Waals surface area contributed by atoms with Gasteiger partial charge in [-0.05, 0) is 16.0 Å². The van der Waals surface area contributed by atoms with Gasteiger partial charge in [-0.2, -0.15) is 0 Å². The number of ether oxygens (including phenoxy) is 1. The van der Waals surface area contributed by atoms with E-state index in [1.165, 1.54) is 11.0 Å². The molecule has 0 radical (unpaired) electrons. The lowest BCUT2D eigenvalue weighted by molar-refractivity contribution is -0.123. The van der Waals surface area contributed by atoms with Crippen molar-refractivity contribution in [1.29, 1.82) is 0 Å². The fraction of sp³-hybridized carbons (Fsp3) is 0.333. The summed E-state index contributed by atoms with van der Waals surface area (Å²) in [6, 6.07) is 8.78.